The number of hydrogen-bond donors (Lipinski definition) is 2. The number of ether oxygens (including phenoxy) is 1. The first-order chi connectivity index (χ1) is 8.97. The molecule has 0 aliphatic carbocycles. The van der Waals surface area contributed by atoms with Gasteiger partial charge in [0, 0.05) is 10.2 Å². The van der Waals surface area contributed by atoms with Crippen LogP contribution in [0.2, 0.25) is 0 Å². The molecule has 0 aliphatic rings. The van der Waals surface area contributed by atoms with Crippen molar-refractivity contribution < 1.29 is 9.53 Å². The molecule has 2 aromatic carbocycles. The summed E-state index contributed by atoms with van der Waals surface area (Å²) < 4.78 is 7.24. The van der Waals surface area contributed by atoms with E-state index in [0.717, 1.165) is 4.47 Å². The maximum atomic E-state index is 11.3. The molecule has 2 aromatic rings. The number of carbonyl (C=O) groups excluding carboxylic acids is 1. The van der Waals surface area contributed by atoms with Gasteiger partial charge in [-0.3, -0.25) is 4.79 Å². The summed E-state index contributed by atoms with van der Waals surface area (Å²) in [4.78, 5) is 11.3. The monoisotopic (exact) mass is 384 g/mol. The lowest BCUT2D eigenvalue weighted by Crippen LogP contribution is -2.13. The van der Waals surface area contributed by atoms with Crippen LogP contribution < -0.4 is 16.2 Å². The minimum absolute atomic E-state index is 0.230. The van der Waals surface area contributed by atoms with Gasteiger partial charge < -0.3 is 16.2 Å². The lowest BCUT2D eigenvalue weighted by atomic mass is 10.1. The Morgan fingerprint density at radius 3 is 2.53 bits per heavy atom. The molecule has 1 amide bonds. The van der Waals surface area contributed by atoms with Crippen molar-refractivity contribution in [2.24, 2.45) is 5.73 Å². The number of carbonyl (C=O) groups is 1. The minimum Gasteiger partial charge on any atom is -0.456 e. The Hall–Kier alpha value is -1.53. The number of rotatable bonds is 3. The highest BCUT2D eigenvalue weighted by molar-refractivity contribution is 9.10. The Morgan fingerprint density at radius 2 is 1.89 bits per heavy atom. The topological polar surface area (TPSA) is 78.3 Å². The van der Waals surface area contributed by atoms with Crippen molar-refractivity contribution >= 4 is 43.5 Å². The molecule has 0 fully saturated rings. The summed E-state index contributed by atoms with van der Waals surface area (Å²) in [5.74, 6) is 0.514. The van der Waals surface area contributed by atoms with Crippen molar-refractivity contribution in [1.29, 1.82) is 0 Å². The smallest absolute Gasteiger partial charge is 0.250 e. The fourth-order valence-electron chi connectivity index (χ4n) is 1.52. The summed E-state index contributed by atoms with van der Waals surface area (Å²) in [5, 5.41) is 0. The van der Waals surface area contributed by atoms with E-state index in [1.807, 2.05) is 18.2 Å². The predicted octanol–water partition coefficient (Wildman–Crippen LogP) is 3.69. The fourth-order valence-corrected chi connectivity index (χ4v) is 2.34. The first-order valence-electron chi connectivity index (χ1n) is 5.29. The summed E-state index contributed by atoms with van der Waals surface area (Å²) in [5.41, 5.74) is 11.5. The van der Waals surface area contributed by atoms with Gasteiger partial charge in [0.2, 0.25) is 0 Å². The number of benzene rings is 2. The lowest BCUT2D eigenvalue weighted by Gasteiger charge is -2.11. The van der Waals surface area contributed by atoms with Gasteiger partial charge in [-0.15, -0.1) is 0 Å². The number of primary amides is 1. The highest BCUT2D eigenvalue weighted by atomic mass is 79.9. The molecule has 0 bridgehead atoms. The van der Waals surface area contributed by atoms with E-state index in [9.17, 15) is 4.79 Å². The van der Waals surface area contributed by atoms with Gasteiger partial charge in [-0.25, -0.2) is 0 Å². The van der Waals surface area contributed by atoms with E-state index in [0.29, 0.717) is 21.7 Å². The quantitative estimate of drug-likeness (QED) is 0.791. The third kappa shape index (κ3) is 3.27. The van der Waals surface area contributed by atoms with Gasteiger partial charge in [0.25, 0.3) is 5.91 Å². The maximum Gasteiger partial charge on any atom is 0.250 e. The SMILES string of the molecule is NC(=O)c1cc(Oc2cccc(Br)c2)c(Br)cc1N. The molecule has 98 valence electrons. The number of nitrogens with two attached hydrogens (primary N) is 2. The van der Waals surface area contributed by atoms with Gasteiger partial charge in [-0.1, -0.05) is 22.0 Å². The standard InChI is InChI=1S/C13H10Br2N2O2/c14-7-2-1-3-8(4-7)19-12-5-9(13(17)18)11(16)6-10(12)15/h1-6H,16H2,(H2,17,18). The summed E-state index contributed by atoms with van der Waals surface area (Å²) in [6, 6.07) is 10.5. The second-order valence-corrected chi connectivity index (χ2v) is 5.56. The molecule has 0 spiro atoms. The first-order valence-corrected chi connectivity index (χ1v) is 6.88. The zero-order valence-corrected chi connectivity index (χ0v) is 12.9. The van der Waals surface area contributed by atoms with E-state index in [1.165, 1.54) is 6.07 Å². The Morgan fingerprint density at radius 1 is 1.16 bits per heavy atom. The highest BCUT2D eigenvalue weighted by Crippen LogP contribution is 2.34. The molecule has 0 atom stereocenters. The van der Waals surface area contributed by atoms with Crippen LogP contribution in [0.1, 0.15) is 10.4 Å². The third-order valence-corrected chi connectivity index (χ3v) is 3.51. The summed E-state index contributed by atoms with van der Waals surface area (Å²) in [7, 11) is 0. The van der Waals surface area contributed by atoms with Gasteiger partial charge in [0.15, 0.2) is 0 Å². The van der Waals surface area contributed by atoms with Crippen LogP contribution in [-0.4, -0.2) is 5.91 Å². The molecule has 0 aromatic heterocycles. The molecule has 0 saturated carbocycles. The van der Waals surface area contributed by atoms with Crippen LogP contribution in [0.5, 0.6) is 11.5 Å². The van der Waals surface area contributed by atoms with Crippen molar-refractivity contribution in [2.45, 2.75) is 0 Å². The molecule has 0 radical (unpaired) electrons. The molecule has 2 rings (SSSR count). The molecular formula is C13H10Br2N2O2. The average Bonchev–Trinajstić information content (AvgIpc) is 2.32. The number of anilines is 1. The lowest BCUT2D eigenvalue weighted by molar-refractivity contribution is 0.100. The number of nitrogen functional groups attached to an aromatic ring is 1. The molecule has 6 heteroatoms. The van der Waals surface area contributed by atoms with Crippen LogP contribution >= 0.6 is 31.9 Å². The van der Waals surface area contributed by atoms with Gasteiger partial charge in [0.1, 0.15) is 11.5 Å². The average molecular weight is 386 g/mol. The molecule has 0 heterocycles. The molecule has 0 unspecified atom stereocenters. The Kier molecular flexibility index (Phi) is 4.11. The van der Waals surface area contributed by atoms with Crippen molar-refractivity contribution in [3.8, 4) is 11.5 Å². The number of halogens is 2. The van der Waals surface area contributed by atoms with Crippen LogP contribution in [0.25, 0.3) is 0 Å². The minimum atomic E-state index is -0.593. The van der Waals surface area contributed by atoms with Crippen molar-refractivity contribution in [3.05, 3.63) is 50.9 Å². The largest absolute Gasteiger partial charge is 0.456 e. The Bertz CT molecular complexity index is 645. The second kappa shape index (κ2) is 5.63. The zero-order chi connectivity index (χ0) is 14.0. The molecule has 0 aliphatic heterocycles. The fraction of sp³-hybridized carbons (Fsp3) is 0. The van der Waals surface area contributed by atoms with Crippen LogP contribution in [0.3, 0.4) is 0 Å². The van der Waals surface area contributed by atoms with Crippen LogP contribution in [-0.2, 0) is 0 Å². The predicted molar refractivity (Wildman–Crippen MR) is 81.3 cm³/mol. The van der Waals surface area contributed by atoms with Crippen LogP contribution in [0.15, 0.2) is 45.3 Å². The van der Waals surface area contributed by atoms with Gasteiger partial charge in [-0.05, 0) is 46.3 Å². The number of hydrogen-bond acceptors (Lipinski definition) is 3. The van der Waals surface area contributed by atoms with Gasteiger partial charge in [-0.2, -0.15) is 0 Å². The Labute approximate surface area is 127 Å². The highest BCUT2D eigenvalue weighted by Gasteiger charge is 2.12. The molecular weight excluding hydrogens is 376 g/mol. The molecule has 4 nitrogen and oxygen atoms in total. The summed E-state index contributed by atoms with van der Waals surface area (Å²) in [6.07, 6.45) is 0. The molecule has 19 heavy (non-hydrogen) atoms. The first kappa shape index (κ1) is 13.9. The van der Waals surface area contributed by atoms with E-state index in [-0.39, 0.29) is 5.56 Å². The van der Waals surface area contributed by atoms with E-state index < -0.39 is 5.91 Å². The third-order valence-electron chi connectivity index (χ3n) is 2.39. The van der Waals surface area contributed by atoms with E-state index in [1.54, 1.807) is 12.1 Å². The maximum absolute atomic E-state index is 11.3. The Balaban J connectivity index is 2.40. The van der Waals surface area contributed by atoms with E-state index in [4.69, 9.17) is 16.2 Å². The normalized spacial score (nSPS) is 10.2. The molecule has 0 saturated heterocycles. The van der Waals surface area contributed by atoms with Crippen molar-refractivity contribution in [1.82, 2.24) is 0 Å². The van der Waals surface area contributed by atoms with Crippen molar-refractivity contribution in [3.63, 3.8) is 0 Å². The summed E-state index contributed by atoms with van der Waals surface area (Å²) in [6.45, 7) is 0. The summed E-state index contributed by atoms with van der Waals surface area (Å²) >= 11 is 6.70. The second-order valence-electron chi connectivity index (χ2n) is 3.79. The zero-order valence-electron chi connectivity index (χ0n) is 9.69. The molecule has 4 N–H and O–H groups in total. The number of amides is 1. The van der Waals surface area contributed by atoms with Crippen molar-refractivity contribution in [2.75, 3.05) is 5.73 Å². The van der Waals surface area contributed by atoms with Crippen LogP contribution in [0.4, 0.5) is 5.69 Å². The van der Waals surface area contributed by atoms with Gasteiger partial charge >= 0.3 is 0 Å². The van der Waals surface area contributed by atoms with E-state index >= 15 is 0 Å². The van der Waals surface area contributed by atoms with E-state index in [2.05, 4.69) is 31.9 Å². The van der Waals surface area contributed by atoms with Gasteiger partial charge in [0.05, 0.1) is 10.0 Å². The van der Waals surface area contributed by atoms with Crippen LogP contribution in [0, 0.1) is 0 Å².